The van der Waals surface area contributed by atoms with E-state index in [1.54, 1.807) is 18.2 Å². The topological polar surface area (TPSA) is 32.7 Å². The van der Waals surface area contributed by atoms with Crippen molar-refractivity contribution in [2.24, 2.45) is 0 Å². The van der Waals surface area contributed by atoms with Crippen LogP contribution in [-0.2, 0) is 0 Å². The number of nitrogens with zero attached hydrogens (tertiary/aromatic N) is 1. The molecule has 0 aliphatic carbocycles. The minimum atomic E-state index is -0.654. The van der Waals surface area contributed by atoms with Crippen LogP contribution in [0.25, 0.3) is 0 Å². The first-order valence-corrected chi connectivity index (χ1v) is 6.45. The summed E-state index contributed by atoms with van der Waals surface area (Å²) in [6.45, 7) is 9.95. The Labute approximate surface area is 114 Å². The highest BCUT2D eigenvalue weighted by Gasteiger charge is 2.12. The lowest BCUT2D eigenvalue weighted by Crippen LogP contribution is -2.36. The molecule has 0 bridgehead atoms. The Morgan fingerprint density at radius 1 is 1.47 bits per heavy atom. The highest BCUT2D eigenvalue weighted by atomic mass is 19.1. The summed E-state index contributed by atoms with van der Waals surface area (Å²) in [4.78, 5) is 2.07. The molecule has 1 N–H and O–H groups in total. The number of benzene rings is 1. The van der Waals surface area contributed by atoms with Crippen molar-refractivity contribution >= 4 is 0 Å². The molecule has 3 nitrogen and oxygen atoms in total. The van der Waals surface area contributed by atoms with Crippen molar-refractivity contribution in [1.82, 2.24) is 4.90 Å². The lowest BCUT2D eigenvalue weighted by molar-refractivity contribution is 0.0713. The van der Waals surface area contributed by atoms with Crippen LogP contribution in [0.2, 0.25) is 0 Å². The van der Waals surface area contributed by atoms with Gasteiger partial charge in [0, 0.05) is 13.1 Å². The molecule has 0 aliphatic rings. The third-order valence-corrected chi connectivity index (χ3v) is 2.68. The first-order valence-electron chi connectivity index (χ1n) is 6.45. The average molecular weight is 267 g/mol. The fraction of sp³-hybridized carbons (Fsp3) is 0.467. The molecule has 106 valence electrons. The summed E-state index contributed by atoms with van der Waals surface area (Å²) in [5.41, 5.74) is 1.05. The summed E-state index contributed by atoms with van der Waals surface area (Å²) < 4.78 is 18.6. The highest BCUT2D eigenvalue weighted by Crippen LogP contribution is 2.15. The van der Waals surface area contributed by atoms with E-state index in [2.05, 4.69) is 11.5 Å². The van der Waals surface area contributed by atoms with Gasteiger partial charge in [-0.05, 0) is 25.6 Å². The molecule has 1 rings (SSSR count). The van der Waals surface area contributed by atoms with Gasteiger partial charge in [-0.25, -0.2) is 4.39 Å². The van der Waals surface area contributed by atoms with Gasteiger partial charge in [0.05, 0.1) is 0 Å². The van der Waals surface area contributed by atoms with E-state index in [0.29, 0.717) is 6.54 Å². The van der Waals surface area contributed by atoms with E-state index in [9.17, 15) is 9.50 Å². The van der Waals surface area contributed by atoms with Crippen molar-refractivity contribution in [2.45, 2.75) is 20.0 Å². The molecule has 0 radical (unpaired) electrons. The van der Waals surface area contributed by atoms with Crippen molar-refractivity contribution in [2.75, 3.05) is 26.2 Å². The van der Waals surface area contributed by atoms with Gasteiger partial charge >= 0.3 is 0 Å². The number of hydrogen-bond acceptors (Lipinski definition) is 3. The molecule has 1 aromatic rings. The van der Waals surface area contributed by atoms with E-state index in [1.165, 1.54) is 6.07 Å². The summed E-state index contributed by atoms with van der Waals surface area (Å²) in [6.07, 6.45) is -0.654. The Morgan fingerprint density at radius 2 is 2.16 bits per heavy atom. The molecular formula is C15H22FNO2. The molecule has 1 unspecified atom stereocenters. The zero-order valence-electron chi connectivity index (χ0n) is 11.6. The van der Waals surface area contributed by atoms with Gasteiger partial charge in [0.1, 0.15) is 12.7 Å². The van der Waals surface area contributed by atoms with Gasteiger partial charge < -0.3 is 9.84 Å². The number of halogens is 1. The fourth-order valence-corrected chi connectivity index (χ4v) is 1.79. The van der Waals surface area contributed by atoms with E-state index in [0.717, 1.165) is 18.7 Å². The first-order chi connectivity index (χ1) is 9.02. The van der Waals surface area contributed by atoms with Crippen LogP contribution in [-0.4, -0.2) is 42.4 Å². The van der Waals surface area contributed by atoms with Gasteiger partial charge in [0.25, 0.3) is 0 Å². The summed E-state index contributed by atoms with van der Waals surface area (Å²) >= 11 is 0. The minimum absolute atomic E-state index is 0.0770. The molecule has 0 saturated heterocycles. The zero-order valence-corrected chi connectivity index (χ0v) is 11.6. The molecule has 0 spiro atoms. The Morgan fingerprint density at radius 3 is 2.74 bits per heavy atom. The van der Waals surface area contributed by atoms with Gasteiger partial charge in [-0.15, -0.1) is 0 Å². The molecule has 0 amide bonds. The van der Waals surface area contributed by atoms with E-state index in [4.69, 9.17) is 4.74 Å². The third kappa shape index (κ3) is 5.85. The maximum atomic E-state index is 13.3. The second-order valence-corrected chi connectivity index (χ2v) is 4.68. The van der Waals surface area contributed by atoms with Crippen molar-refractivity contribution in [1.29, 1.82) is 0 Å². The van der Waals surface area contributed by atoms with Crippen molar-refractivity contribution < 1.29 is 14.2 Å². The number of para-hydroxylation sites is 1. The first kappa shape index (κ1) is 15.7. The van der Waals surface area contributed by atoms with E-state index in [-0.39, 0.29) is 12.4 Å². The van der Waals surface area contributed by atoms with Crippen LogP contribution >= 0.6 is 0 Å². The van der Waals surface area contributed by atoms with Crippen LogP contribution in [0.1, 0.15) is 13.8 Å². The molecular weight excluding hydrogens is 245 g/mol. The Hall–Kier alpha value is -1.39. The third-order valence-electron chi connectivity index (χ3n) is 2.68. The fourth-order valence-electron chi connectivity index (χ4n) is 1.79. The van der Waals surface area contributed by atoms with Crippen molar-refractivity contribution in [3.63, 3.8) is 0 Å². The standard InChI is InChI=1S/C15H22FNO2/c1-4-17(9-12(2)3)10-13(18)11-19-15-8-6-5-7-14(15)16/h5-8,13,18H,2,4,9-11H2,1,3H3. The van der Waals surface area contributed by atoms with Gasteiger partial charge in [-0.2, -0.15) is 0 Å². The van der Waals surface area contributed by atoms with E-state index in [1.807, 2.05) is 13.8 Å². The van der Waals surface area contributed by atoms with Crippen molar-refractivity contribution in [3.8, 4) is 5.75 Å². The second-order valence-electron chi connectivity index (χ2n) is 4.68. The summed E-state index contributed by atoms with van der Waals surface area (Å²) in [5.74, 6) is -0.242. The quantitative estimate of drug-likeness (QED) is 0.734. The number of aliphatic hydroxyl groups excluding tert-OH is 1. The molecule has 4 heteroatoms. The van der Waals surface area contributed by atoms with Crippen LogP contribution < -0.4 is 4.74 Å². The summed E-state index contributed by atoms with van der Waals surface area (Å²) in [5, 5.41) is 9.90. The SMILES string of the molecule is C=C(C)CN(CC)CC(O)COc1ccccc1F. The van der Waals surface area contributed by atoms with Crippen LogP contribution in [0.3, 0.4) is 0 Å². The van der Waals surface area contributed by atoms with Crippen LogP contribution in [0, 0.1) is 5.82 Å². The predicted octanol–water partition coefficient (Wildman–Crippen LogP) is 2.46. The van der Waals surface area contributed by atoms with Crippen molar-refractivity contribution in [3.05, 3.63) is 42.2 Å². The van der Waals surface area contributed by atoms with Crippen LogP contribution in [0.5, 0.6) is 5.75 Å². The smallest absolute Gasteiger partial charge is 0.165 e. The number of hydrogen-bond donors (Lipinski definition) is 1. The van der Waals surface area contributed by atoms with Crippen LogP contribution in [0.15, 0.2) is 36.4 Å². The van der Waals surface area contributed by atoms with E-state index < -0.39 is 11.9 Å². The number of ether oxygens (including phenoxy) is 1. The zero-order chi connectivity index (χ0) is 14.3. The molecule has 0 aromatic heterocycles. The number of likely N-dealkylation sites (N-methyl/N-ethyl adjacent to an activating group) is 1. The monoisotopic (exact) mass is 267 g/mol. The Balaban J connectivity index is 2.40. The molecule has 0 aliphatic heterocycles. The lowest BCUT2D eigenvalue weighted by Gasteiger charge is -2.23. The van der Waals surface area contributed by atoms with Gasteiger partial charge in [-0.3, -0.25) is 4.90 Å². The Kier molecular flexibility index (Phi) is 6.53. The highest BCUT2D eigenvalue weighted by molar-refractivity contribution is 5.23. The molecule has 0 fully saturated rings. The molecule has 1 aromatic carbocycles. The molecule has 1 atom stereocenters. The van der Waals surface area contributed by atoms with Gasteiger partial charge in [-0.1, -0.05) is 31.2 Å². The normalized spacial score (nSPS) is 12.5. The summed E-state index contributed by atoms with van der Waals surface area (Å²) in [6, 6.07) is 6.18. The minimum Gasteiger partial charge on any atom is -0.488 e. The molecule has 19 heavy (non-hydrogen) atoms. The Bertz CT molecular complexity index is 409. The van der Waals surface area contributed by atoms with Crippen LogP contribution in [0.4, 0.5) is 4.39 Å². The maximum Gasteiger partial charge on any atom is 0.165 e. The number of rotatable bonds is 8. The largest absolute Gasteiger partial charge is 0.488 e. The van der Waals surface area contributed by atoms with Gasteiger partial charge in [0.2, 0.25) is 0 Å². The second kappa shape index (κ2) is 7.92. The summed E-state index contributed by atoms with van der Waals surface area (Å²) in [7, 11) is 0. The predicted molar refractivity (Wildman–Crippen MR) is 74.8 cm³/mol. The van der Waals surface area contributed by atoms with E-state index >= 15 is 0 Å². The maximum absolute atomic E-state index is 13.3. The lowest BCUT2D eigenvalue weighted by atomic mass is 10.2. The average Bonchev–Trinajstić information content (AvgIpc) is 2.36. The molecule has 0 heterocycles. The van der Waals surface area contributed by atoms with Gasteiger partial charge in [0.15, 0.2) is 11.6 Å². The number of aliphatic hydroxyl groups is 1. The molecule has 0 saturated carbocycles.